The molecule has 5 heteroatoms. The lowest BCUT2D eigenvalue weighted by Gasteiger charge is -2.30. The number of aryl methyl sites for hydroxylation is 1. The van der Waals surface area contributed by atoms with Crippen LogP contribution in [-0.4, -0.2) is 38.7 Å². The van der Waals surface area contributed by atoms with E-state index in [1.54, 1.807) is 0 Å². The Labute approximate surface area is 141 Å². The van der Waals surface area contributed by atoms with Crippen LogP contribution >= 0.6 is 0 Å². The summed E-state index contributed by atoms with van der Waals surface area (Å²) >= 11 is 0. The number of aromatic nitrogens is 3. The Kier molecular flexibility index (Phi) is 3.94. The summed E-state index contributed by atoms with van der Waals surface area (Å²) in [6.45, 7) is 3.80. The van der Waals surface area contributed by atoms with Crippen molar-refractivity contribution in [2.45, 2.75) is 32.3 Å². The molecule has 0 unspecified atom stereocenters. The molecule has 124 valence electrons. The number of imidazole rings is 1. The van der Waals surface area contributed by atoms with Gasteiger partial charge < -0.3 is 10.0 Å². The van der Waals surface area contributed by atoms with Crippen molar-refractivity contribution in [3.05, 3.63) is 48.4 Å². The molecule has 0 amide bonds. The van der Waals surface area contributed by atoms with Gasteiger partial charge in [-0.1, -0.05) is 31.2 Å². The fourth-order valence-corrected chi connectivity index (χ4v) is 3.33. The summed E-state index contributed by atoms with van der Waals surface area (Å²) in [5.74, 6) is 0.904. The number of nitrogens with zero attached hydrogens (tertiary/aromatic N) is 4. The largest absolute Gasteiger partial charge is 0.393 e. The van der Waals surface area contributed by atoms with Gasteiger partial charge >= 0.3 is 0 Å². The molecule has 4 rings (SSSR count). The van der Waals surface area contributed by atoms with E-state index in [0.717, 1.165) is 55.1 Å². The Bertz CT molecular complexity index is 832. The summed E-state index contributed by atoms with van der Waals surface area (Å²) in [5, 5.41) is 9.71. The highest BCUT2D eigenvalue weighted by atomic mass is 16.3. The van der Waals surface area contributed by atoms with E-state index in [0.29, 0.717) is 0 Å². The van der Waals surface area contributed by atoms with Gasteiger partial charge in [0.1, 0.15) is 0 Å². The topological polar surface area (TPSA) is 53.7 Å². The molecular formula is C19H22N4O. The highest BCUT2D eigenvalue weighted by molar-refractivity contribution is 5.71. The number of rotatable bonds is 3. The second-order valence-corrected chi connectivity index (χ2v) is 6.36. The van der Waals surface area contributed by atoms with Gasteiger partial charge in [-0.25, -0.2) is 9.97 Å². The molecule has 5 nitrogen and oxygen atoms in total. The molecule has 1 saturated heterocycles. The zero-order valence-corrected chi connectivity index (χ0v) is 13.9. The van der Waals surface area contributed by atoms with Crippen molar-refractivity contribution in [1.82, 2.24) is 14.4 Å². The monoisotopic (exact) mass is 322 g/mol. The van der Waals surface area contributed by atoms with Crippen molar-refractivity contribution >= 4 is 11.5 Å². The average molecular weight is 322 g/mol. The highest BCUT2D eigenvalue weighted by Gasteiger charge is 2.21. The first kappa shape index (κ1) is 15.1. The van der Waals surface area contributed by atoms with Crippen molar-refractivity contribution in [3.8, 4) is 11.3 Å². The molecular weight excluding hydrogens is 300 g/mol. The van der Waals surface area contributed by atoms with Gasteiger partial charge in [-0.3, -0.25) is 4.40 Å². The van der Waals surface area contributed by atoms with Crippen molar-refractivity contribution in [2.24, 2.45) is 0 Å². The van der Waals surface area contributed by atoms with Crippen LogP contribution in [0.4, 0.5) is 5.82 Å². The fourth-order valence-electron chi connectivity index (χ4n) is 3.33. The summed E-state index contributed by atoms with van der Waals surface area (Å²) in [7, 11) is 0. The maximum atomic E-state index is 9.71. The third-order valence-electron chi connectivity index (χ3n) is 4.83. The average Bonchev–Trinajstić information content (AvgIpc) is 3.07. The smallest absolute Gasteiger partial charge is 0.180 e. The van der Waals surface area contributed by atoms with Crippen LogP contribution in [0.5, 0.6) is 0 Å². The number of hydrogen-bond acceptors (Lipinski definition) is 4. The van der Waals surface area contributed by atoms with Crippen LogP contribution in [0.3, 0.4) is 0 Å². The minimum Gasteiger partial charge on any atom is -0.393 e. The van der Waals surface area contributed by atoms with Gasteiger partial charge in [0.15, 0.2) is 11.5 Å². The fraction of sp³-hybridized carbons (Fsp3) is 0.368. The Morgan fingerprint density at radius 3 is 2.58 bits per heavy atom. The van der Waals surface area contributed by atoms with Crippen molar-refractivity contribution in [1.29, 1.82) is 0 Å². The minimum atomic E-state index is -0.187. The summed E-state index contributed by atoms with van der Waals surface area (Å²) < 4.78 is 2.11. The van der Waals surface area contributed by atoms with E-state index in [1.165, 1.54) is 5.56 Å². The normalized spacial score (nSPS) is 16.0. The van der Waals surface area contributed by atoms with Gasteiger partial charge in [0.25, 0.3) is 0 Å². The quantitative estimate of drug-likeness (QED) is 0.805. The van der Waals surface area contributed by atoms with Gasteiger partial charge in [-0.15, -0.1) is 0 Å². The zero-order chi connectivity index (χ0) is 16.5. The molecule has 0 spiro atoms. The lowest BCUT2D eigenvalue weighted by Crippen LogP contribution is -2.36. The first-order chi connectivity index (χ1) is 11.8. The van der Waals surface area contributed by atoms with Gasteiger partial charge in [0, 0.05) is 31.0 Å². The lowest BCUT2D eigenvalue weighted by atomic mass is 10.1. The Balaban J connectivity index is 1.73. The Hall–Kier alpha value is -2.40. The molecule has 1 aromatic carbocycles. The van der Waals surface area contributed by atoms with Crippen LogP contribution in [0.1, 0.15) is 25.3 Å². The third kappa shape index (κ3) is 2.65. The van der Waals surface area contributed by atoms with Gasteiger partial charge in [0.05, 0.1) is 18.0 Å². The molecule has 1 aliphatic rings. The molecule has 0 saturated carbocycles. The van der Waals surface area contributed by atoms with Crippen LogP contribution < -0.4 is 4.90 Å². The third-order valence-corrected chi connectivity index (χ3v) is 4.83. The summed E-state index contributed by atoms with van der Waals surface area (Å²) in [5.41, 5.74) is 4.45. The van der Waals surface area contributed by atoms with Gasteiger partial charge in [-0.05, 0) is 24.8 Å². The number of piperidine rings is 1. The second kappa shape index (κ2) is 6.24. The van der Waals surface area contributed by atoms with Crippen molar-refractivity contribution in [2.75, 3.05) is 18.0 Å². The van der Waals surface area contributed by atoms with Crippen LogP contribution in [0.25, 0.3) is 16.9 Å². The molecule has 2 aromatic heterocycles. The zero-order valence-electron chi connectivity index (χ0n) is 13.9. The number of hydrogen-bond donors (Lipinski definition) is 1. The van der Waals surface area contributed by atoms with E-state index in [9.17, 15) is 5.11 Å². The predicted molar refractivity (Wildman–Crippen MR) is 95.3 cm³/mol. The molecule has 24 heavy (non-hydrogen) atoms. The molecule has 0 bridgehead atoms. The number of aliphatic hydroxyl groups is 1. The standard InChI is InChI=1S/C19H22N4O/c1-2-14-3-5-15(6-4-14)17-13-21-19-18(20-9-12-23(17)19)22-10-7-16(24)8-11-22/h3-6,9,12-13,16,24H,2,7-8,10-11H2,1H3. The van der Waals surface area contributed by atoms with Gasteiger partial charge in [-0.2, -0.15) is 0 Å². The Morgan fingerprint density at radius 1 is 1.12 bits per heavy atom. The van der Waals surface area contributed by atoms with Crippen LogP contribution in [0, 0.1) is 0 Å². The number of benzene rings is 1. The second-order valence-electron chi connectivity index (χ2n) is 6.36. The first-order valence-corrected chi connectivity index (χ1v) is 8.60. The van der Waals surface area contributed by atoms with E-state index in [4.69, 9.17) is 0 Å². The molecule has 0 aliphatic carbocycles. The summed E-state index contributed by atoms with van der Waals surface area (Å²) in [6, 6.07) is 8.64. The lowest BCUT2D eigenvalue weighted by molar-refractivity contribution is 0.145. The maximum absolute atomic E-state index is 9.71. The molecule has 3 aromatic rings. The van der Waals surface area contributed by atoms with Crippen molar-refractivity contribution < 1.29 is 5.11 Å². The van der Waals surface area contributed by atoms with E-state index in [2.05, 4.69) is 50.5 Å². The van der Waals surface area contributed by atoms with Gasteiger partial charge in [0.2, 0.25) is 0 Å². The number of fused-ring (bicyclic) bond motifs is 1. The highest BCUT2D eigenvalue weighted by Crippen LogP contribution is 2.27. The Morgan fingerprint density at radius 2 is 1.88 bits per heavy atom. The van der Waals surface area contributed by atoms with E-state index < -0.39 is 0 Å². The van der Waals surface area contributed by atoms with Crippen LogP contribution in [0.15, 0.2) is 42.9 Å². The summed E-state index contributed by atoms with van der Waals surface area (Å²) in [4.78, 5) is 11.4. The molecule has 0 radical (unpaired) electrons. The molecule has 1 aliphatic heterocycles. The first-order valence-electron chi connectivity index (χ1n) is 8.60. The van der Waals surface area contributed by atoms with Crippen molar-refractivity contribution in [3.63, 3.8) is 0 Å². The minimum absolute atomic E-state index is 0.187. The predicted octanol–water partition coefficient (Wildman–Crippen LogP) is 2.92. The number of anilines is 1. The number of aliphatic hydroxyl groups excluding tert-OH is 1. The van der Waals surface area contributed by atoms with E-state index in [1.807, 2.05) is 18.6 Å². The van der Waals surface area contributed by atoms with Crippen LogP contribution in [0.2, 0.25) is 0 Å². The molecule has 1 N–H and O–H groups in total. The molecule has 1 fully saturated rings. The summed E-state index contributed by atoms with van der Waals surface area (Å²) in [6.07, 6.45) is 8.15. The van der Waals surface area contributed by atoms with Crippen LogP contribution in [-0.2, 0) is 6.42 Å². The molecule has 0 atom stereocenters. The van der Waals surface area contributed by atoms with E-state index >= 15 is 0 Å². The van der Waals surface area contributed by atoms with E-state index in [-0.39, 0.29) is 6.10 Å². The maximum Gasteiger partial charge on any atom is 0.180 e. The SMILES string of the molecule is CCc1ccc(-c2cnc3c(N4CCC(O)CC4)nccn23)cc1. The molecule has 3 heterocycles.